The summed E-state index contributed by atoms with van der Waals surface area (Å²) in [4.78, 5) is 23.3. The average Bonchev–Trinajstić information content (AvgIpc) is 3.49. The van der Waals surface area contributed by atoms with Crippen LogP contribution in [0.4, 0.5) is 29.3 Å². The minimum atomic E-state index is -4.90. The molecule has 11 nitrogen and oxygen atoms in total. The fourth-order valence-corrected chi connectivity index (χ4v) is 4.11. The number of alkyl halides is 3. The molecular formula is C18H12Cl2F3N9O2. The van der Waals surface area contributed by atoms with Gasteiger partial charge in [-0.2, -0.15) is 28.5 Å². The average molecular weight is 514 g/mol. The fourth-order valence-electron chi connectivity index (χ4n) is 3.70. The first-order valence-corrected chi connectivity index (χ1v) is 10.2. The molecule has 2 amide bonds. The quantitative estimate of drug-likeness (QED) is 0.445. The van der Waals surface area contributed by atoms with E-state index in [2.05, 4.69) is 30.6 Å². The van der Waals surface area contributed by atoms with E-state index in [1.54, 1.807) is 0 Å². The van der Waals surface area contributed by atoms with Crippen molar-refractivity contribution in [2.24, 2.45) is 0 Å². The largest absolute Gasteiger partial charge is 0.425 e. The second kappa shape index (κ2) is 7.78. The van der Waals surface area contributed by atoms with Crippen LogP contribution in [0, 0.1) is 0 Å². The molecular weight excluding hydrogens is 502 g/mol. The van der Waals surface area contributed by atoms with Crippen LogP contribution >= 0.6 is 23.2 Å². The molecule has 0 saturated carbocycles. The lowest BCUT2D eigenvalue weighted by Crippen LogP contribution is -2.50. The fraction of sp³-hybridized carbons (Fsp3) is 0.222. The SMILES string of the molecule is COC1(C(F)(F)F)CN(C(=O)Nc2cnc(-n3nccn3)c(Cl)c2)c2cnc3cc(Cl)nn3c21. The van der Waals surface area contributed by atoms with Gasteiger partial charge >= 0.3 is 12.2 Å². The molecule has 1 N–H and O–H groups in total. The molecule has 5 heterocycles. The third-order valence-electron chi connectivity index (χ3n) is 5.22. The minimum Gasteiger partial charge on any atom is -0.362 e. The van der Waals surface area contributed by atoms with E-state index in [1.807, 2.05) is 0 Å². The predicted molar refractivity (Wildman–Crippen MR) is 113 cm³/mol. The van der Waals surface area contributed by atoms with Gasteiger partial charge in [0.15, 0.2) is 16.6 Å². The van der Waals surface area contributed by atoms with E-state index >= 15 is 0 Å². The molecule has 0 fully saturated rings. The van der Waals surface area contributed by atoms with Gasteiger partial charge in [0.1, 0.15) is 5.69 Å². The second-order valence-corrected chi connectivity index (χ2v) is 7.92. The predicted octanol–water partition coefficient (Wildman–Crippen LogP) is 3.47. The highest BCUT2D eigenvalue weighted by molar-refractivity contribution is 6.32. The van der Waals surface area contributed by atoms with E-state index in [4.69, 9.17) is 27.9 Å². The Labute approximate surface area is 198 Å². The molecule has 176 valence electrons. The van der Waals surface area contributed by atoms with Gasteiger partial charge in [-0.05, 0) is 6.07 Å². The maximum atomic E-state index is 14.3. The Bertz CT molecular complexity index is 1410. The number of pyridine rings is 1. The van der Waals surface area contributed by atoms with Gasteiger partial charge in [-0.25, -0.2) is 19.3 Å². The van der Waals surface area contributed by atoms with Crippen molar-refractivity contribution in [3.05, 3.63) is 52.8 Å². The van der Waals surface area contributed by atoms with Gasteiger partial charge in [0, 0.05) is 13.2 Å². The van der Waals surface area contributed by atoms with Crippen molar-refractivity contribution < 1.29 is 22.7 Å². The summed E-state index contributed by atoms with van der Waals surface area (Å²) < 4.78 is 48.8. The number of methoxy groups -OCH3 is 1. The van der Waals surface area contributed by atoms with E-state index in [0.717, 1.165) is 22.7 Å². The Hall–Kier alpha value is -3.49. The van der Waals surface area contributed by atoms with Crippen LogP contribution in [0.2, 0.25) is 10.2 Å². The van der Waals surface area contributed by atoms with Crippen LogP contribution in [-0.2, 0) is 10.3 Å². The highest BCUT2D eigenvalue weighted by atomic mass is 35.5. The van der Waals surface area contributed by atoms with Crippen LogP contribution in [-0.4, -0.2) is 60.4 Å². The van der Waals surface area contributed by atoms with Crippen molar-refractivity contribution in [2.75, 3.05) is 23.9 Å². The van der Waals surface area contributed by atoms with Crippen molar-refractivity contribution in [2.45, 2.75) is 11.8 Å². The Morgan fingerprint density at radius 1 is 1.18 bits per heavy atom. The number of carbonyl (C=O) groups is 1. The number of hydrogen-bond acceptors (Lipinski definition) is 7. The lowest BCUT2D eigenvalue weighted by atomic mass is 10.0. The lowest BCUT2D eigenvalue weighted by molar-refractivity contribution is -0.270. The molecule has 1 unspecified atom stereocenters. The van der Waals surface area contributed by atoms with Crippen molar-refractivity contribution in [1.82, 2.24) is 34.6 Å². The summed E-state index contributed by atoms with van der Waals surface area (Å²) in [5.74, 6) is 0.203. The molecule has 1 aliphatic heterocycles. The zero-order valence-electron chi connectivity index (χ0n) is 17.0. The number of fused-ring (bicyclic) bond motifs is 3. The number of nitrogens with one attached hydrogen (secondary N) is 1. The summed E-state index contributed by atoms with van der Waals surface area (Å²) in [6.45, 7) is -0.886. The van der Waals surface area contributed by atoms with E-state index in [1.165, 1.54) is 35.5 Å². The third-order valence-corrected chi connectivity index (χ3v) is 5.68. The van der Waals surface area contributed by atoms with E-state index in [-0.39, 0.29) is 33.0 Å². The number of anilines is 2. The summed E-state index contributed by atoms with van der Waals surface area (Å²) in [6, 6.07) is 1.77. The van der Waals surface area contributed by atoms with Crippen LogP contribution in [0.1, 0.15) is 5.69 Å². The molecule has 0 spiro atoms. The number of urea groups is 1. The summed E-state index contributed by atoms with van der Waals surface area (Å²) >= 11 is 12.1. The van der Waals surface area contributed by atoms with Crippen molar-refractivity contribution in [3.63, 3.8) is 0 Å². The first-order chi connectivity index (χ1) is 16.1. The smallest absolute Gasteiger partial charge is 0.362 e. The number of hydrogen-bond donors (Lipinski definition) is 1. The van der Waals surface area contributed by atoms with Crippen molar-refractivity contribution in [3.8, 4) is 5.82 Å². The molecule has 1 atom stereocenters. The molecule has 0 bridgehead atoms. The van der Waals surface area contributed by atoms with Crippen LogP contribution in [0.5, 0.6) is 0 Å². The molecule has 4 aromatic rings. The Balaban J connectivity index is 1.53. The topological polar surface area (TPSA) is 115 Å². The molecule has 1 aliphatic rings. The number of nitrogens with zero attached hydrogens (tertiary/aromatic N) is 8. The number of amides is 2. The molecule has 0 aliphatic carbocycles. The number of carbonyl (C=O) groups excluding carboxylic acids is 1. The summed E-state index contributed by atoms with van der Waals surface area (Å²) in [7, 11) is 0.905. The molecule has 5 rings (SSSR count). The number of aromatic nitrogens is 7. The zero-order valence-corrected chi connectivity index (χ0v) is 18.5. The minimum absolute atomic E-state index is 0.0653. The maximum absolute atomic E-state index is 14.3. The number of ether oxygens (including phenoxy) is 1. The van der Waals surface area contributed by atoms with Gasteiger partial charge in [-0.15, -0.1) is 4.80 Å². The standard InChI is InChI=1S/C18H12Cl2F3N9O2/c1-34-17(18(21,22)23)8-30(11-7-24-13-5-12(20)29-31(13)14(11)17)16(33)28-9-4-10(19)15(25-6-9)32-26-2-3-27-32/h2-7H,8H2,1H3,(H,28,33). The third kappa shape index (κ3) is 3.33. The first-order valence-electron chi connectivity index (χ1n) is 9.42. The molecule has 0 saturated heterocycles. The summed E-state index contributed by atoms with van der Waals surface area (Å²) in [6.07, 6.45) is 0.355. The Morgan fingerprint density at radius 3 is 2.56 bits per heavy atom. The second-order valence-electron chi connectivity index (χ2n) is 7.12. The molecule has 4 aromatic heterocycles. The molecule has 34 heavy (non-hydrogen) atoms. The first kappa shape index (κ1) is 22.3. The van der Waals surface area contributed by atoms with E-state index < -0.39 is 30.0 Å². The summed E-state index contributed by atoms with van der Waals surface area (Å²) in [5.41, 5.74) is -3.26. The van der Waals surface area contributed by atoms with E-state index in [9.17, 15) is 18.0 Å². The molecule has 0 radical (unpaired) electrons. The van der Waals surface area contributed by atoms with Crippen LogP contribution in [0.25, 0.3) is 11.5 Å². The van der Waals surface area contributed by atoms with Gasteiger partial charge in [-0.1, -0.05) is 23.2 Å². The van der Waals surface area contributed by atoms with Crippen LogP contribution < -0.4 is 10.2 Å². The highest BCUT2D eigenvalue weighted by Gasteiger charge is 2.64. The number of rotatable bonds is 3. The van der Waals surface area contributed by atoms with Crippen molar-refractivity contribution >= 4 is 46.3 Å². The van der Waals surface area contributed by atoms with Crippen molar-refractivity contribution in [1.29, 1.82) is 0 Å². The Morgan fingerprint density at radius 2 is 1.91 bits per heavy atom. The zero-order chi connectivity index (χ0) is 24.3. The number of halogens is 5. The van der Waals surface area contributed by atoms with Gasteiger partial charge in [0.05, 0.1) is 47.7 Å². The van der Waals surface area contributed by atoms with Crippen LogP contribution in [0.15, 0.2) is 36.9 Å². The highest BCUT2D eigenvalue weighted by Crippen LogP contribution is 2.50. The van der Waals surface area contributed by atoms with E-state index in [0.29, 0.717) is 0 Å². The van der Waals surface area contributed by atoms with Gasteiger partial charge in [0.25, 0.3) is 0 Å². The molecule has 16 heteroatoms. The van der Waals surface area contributed by atoms with Gasteiger partial charge in [-0.3, -0.25) is 4.90 Å². The molecule has 0 aromatic carbocycles. The van der Waals surface area contributed by atoms with Gasteiger partial charge in [0.2, 0.25) is 5.60 Å². The summed E-state index contributed by atoms with van der Waals surface area (Å²) in [5, 5.41) is 14.3. The lowest BCUT2D eigenvalue weighted by Gasteiger charge is -2.30. The maximum Gasteiger partial charge on any atom is 0.425 e. The van der Waals surface area contributed by atoms with Gasteiger partial charge < -0.3 is 10.1 Å². The normalized spacial score (nSPS) is 17.9. The Kier molecular flexibility index (Phi) is 5.11. The van der Waals surface area contributed by atoms with Crippen LogP contribution in [0.3, 0.4) is 0 Å². The monoisotopic (exact) mass is 513 g/mol.